The van der Waals surface area contributed by atoms with Gasteiger partial charge in [0.2, 0.25) is 0 Å². The summed E-state index contributed by atoms with van der Waals surface area (Å²) < 4.78 is 0. The van der Waals surface area contributed by atoms with Crippen LogP contribution in [-0.4, -0.2) is 44.0 Å². The van der Waals surface area contributed by atoms with Gasteiger partial charge in [0.15, 0.2) is 0 Å². The van der Waals surface area contributed by atoms with Gasteiger partial charge in [-0.15, -0.1) is 11.8 Å². The van der Waals surface area contributed by atoms with E-state index in [4.69, 9.17) is 23.2 Å². The van der Waals surface area contributed by atoms with Gasteiger partial charge in [0.1, 0.15) is 16.3 Å². The molecule has 1 aromatic heterocycles. The van der Waals surface area contributed by atoms with Crippen molar-refractivity contribution < 1.29 is 14.7 Å². The molecule has 1 saturated heterocycles. The van der Waals surface area contributed by atoms with Crippen LogP contribution in [0.1, 0.15) is 23.7 Å². The molecule has 0 saturated carbocycles. The number of carboxylic acid groups (broad SMARTS) is 1. The molecule has 1 fully saturated rings. The van der Waals surface area contributed by atoms with Crippen LogP contribution in [0, 0.1) is 0 Å². The van der Waals surface area contributed by atoms with Crippen molar-refractivity contribution in [1.29, 1.82) is 0 Å². The van der Waals surface area contributed by atoms with Gasteiger partial charge in [-0.25, -0.2) is 9.78 Å². The highest BCUT2D eigenvalue weighted by Gasteiger charge is 2.41. The lowest BCUT2D eigenvalue weighted by molar-refractivity contribution is -0.141. The summed E-state index contributed by atoms with van der Waals surface area (Å²) >= 11 is 13.1. The lowest BCUT2D eigenvalue weighted by atomic mass is 10.2. The summed E-state index contributed by atoms with van der Waals surface area (Å²) in [5.41, 5.74) is 0.170. The van der Waals surface area contributed by atoms with Crippen LogP contribution >= 0.6 is 35.0 Å². The van der Waals surface area contributed by atoms with Crippen LogP contribution in [0.15, 0.2) is 12.1 Å². The molecular formula is C12H12Cl2N2O3S. The number of carbonyl (C=O) groups is 2. The summed E-state index contributed by atoms with van der Waals surface area (Å²) in [5.74, 6) is -1.07. The molecule has 0 spiro atoms. The minimum absolute atomic E-state index is 0.0154. The number of aliphatic carboxylic acids is 1. The second kappa shape index (κ2) is 6.20. The molecule has 2 atom stereocenters. The van der Waals surface area contributed by atoms with Crippen LogP contribution in [-0.2, 0) is 4.79 Å². The first-order chi connectivity index (χ1) is 9.45. The molecule has 20 heavy (non-hydrogen) atoms. The van der Waals surface area contributed by atoms with Gasteiger partial charge in [0.25, 0.3) is 5.91 Å². The second-order valence-electron chi connectivity index (χ2n) is 4.24. The second-order valence-corrected chi connectivity index (χ2v) is 6.19. The number of carbonyl (C=O) groups excluding carboxylic acids is 1. The molecule has 5 nitrogen and oxygen atoms in total. The van der Waals surface area contributed by atoms with E-state index >= 15 is 0 Å². The minimum Gasteiger partial charge on any atom is -0.480 e. The number of halogens is 2. The molecule has 2 rings (SSSR count). The highest BCUT2D eigenvalue weighted by molar-refractivity contribution is 8.00. The molecule has 1 N–H and O–H groups in total. The third-order valence-corrected chi connectivity index (χ3v) is 4.96. The number of amides is 1. The van der Waals surface area contributed by atoms with E-state index in [1.807, 2.05) is 6.92 Å². The Hall–Kier alpha value is -0.980. The Morgan fingerprint density at radius 3 is 2.75 bits per heavy atom. The Labute approximate surface area is 130 Å². The molecule has 0 radical (unpaired) electrons. The number of carboxylic acids is 1. The van der Waals surface area contributed by atoms with E-state index in [0.717, 1.165) is 0 Å². The zero-order chi connectivity index (χ0) is 14.9. The van der Waals surface area contributed by atoms with Gasteiger partial charge in [-0.3, -0.25) is 4.79 Å². The summed E-state index contributed by atoms with van der Waals surface area (Å²) in [5, 5.41) is 9.23. The van der Waals surface area contributed by atoms with Gasteiger partial charge < -0.3 is 10.0 Å². The van der Waals surface area contributed by atoms with Crippen molar-refractivity contribution in [1.82, 2.24) is 9.88 Å². The van der Waals surface area contributed by atoms with Crippen molar-refractivity contribution >= 4 is 46.8 Å². The molecule has 0 aliphatic carbocycles. The maximum atomic E-state index is 12.5. The Morgan fingerprint density at radius 2 is 2.20 bits per heavy atom. The van der Waals surface area contributed by atoms with Gasteiger partial charge in [-0.1, -0.05) is 30.1 Å². The fraction of sp³-hybridized carbons (Fsp3) is 0.417. The van der Waals surface area contributed by atoms with Crippen molar-refractivity contribution in [2.45, 2.75) is 24.8 Å². The van der Waals surface area contributed by atoms with E-state index < -0.39 is 17.9 Å². The normalized spacial score (nSPS) is 22.1. The number of pyridine rings is 1. The predicted molar refractivity (Wildman–Crippen MR) is 78.4 cm³/mol. The molecule has 1 aromatic rings. The molecule has 8 heteroatoms. The third kappa shape index (κ3) is 2.87. The molecule has 2 heterocycles. The molecular weight excluding hydrogens is 323 g/mol. The fourth-order valence-corrected chi connectivity index (χ4v) is 3.82. The maximum Gasteiger partial charge on any atom is 0.327 e. The Balaban J connectivity index is 2.36. The average Bonchev–Trinajstić information content (AvgIpc) is 2.81. The molecule has 108 valence electrons. The van der Waals surface area contributed by atoms with E-state index in [9.17, 15) is 14.7 Å². The first-order valence-corrected chi connectivity index (χ1v) is 7.75. The van der Waals surface area contributed by atoms with Gasteiger partial charge in [-0.2, -0.15) is 0 Å². The number of hydrogen-bond acceptors (Lipinski definition) is 4. The smallest absolute Gasteiger partial charge is 0.327 e. The Kier molecular flexibility index (Phi) is 4.78. The molecule has 0 aromatic carbocycles. The van der Waals surface area contributed by atoms with Crippen molar-refractivity contribution in [2.75, 3.05) is 5.75 Å². The quantitative estimate of drug-likeness (QED) is 0.860. The predicted octanol–water partition coefficient (Wildman–Crippen LogP) is 2.77. The van der Waals surface area contributed by atoms with Gasteiger partial charge >= 0.3 is 5.97 Å². The molecule has 1 aliphatic rings. The maximum absolute atomic E-state index is 12.5. The SMILES string of the molecule is CCC1SCC(C(=O)O)N1C(=O)c1ccc(Cl)nc1Cl. The van der Waals surface area contributed by atoms with Crippen molar-refractivity contribution in [3.05, 3.63) is 28.0 Å². The molecule has 2 unspecified atom stereocenters. The van der Waals surface area contributed by atoms with Crippen LogP contribution in [0.4, 0.5) is 0 Å². The summed E-state index contributed by atoms with van der Waals surface area (Å²) in [6.45, 7) is 1.91. The highest BCUT2D eigenvalue weighted by Crippen LogP contribution is 2.33. The van der Waals surface area contributed by atoms with E-state index in [1.165, 1.54) is 28.8 Å². The van der Waals surface area contributed by atoms with Gasteiger partial charge in [0.05, 0.1) is 10.9 Å². The number of aromatic nitrogens is 1. The standard InChI is InChI=1S/C12H12Cl2N2O3S/c1-2-9-16(7(5-20-9)12(18)19)11(17)6-3-4-8(13)15-10(6)14/h3-4,7,9H,2,5H2,1H3,(H,18,19). The molecule has 1 amide bonds. The lowest BCUT2D eigenvalue weighted by Gasteiger charge is -2.26. The van der Waals surface area contributed by atoms with Crippen LogP contribution in [0.25, 0.3) is 0 Å². The van der Waals surface area contributed by atoms with Crippen LogP contribution in [0.3, 0.4) is 0 Å². The summed E-state index contributed by atoms with van der Waals surface area (Å²) in [6.07, 6.45) is 0.666. The third-order valence-electron chi connectivity index (χ3n) is 3.01. The first-order valence-electron chi connectivity index (χ1n) is 5.94. The number of thioether (sulfide) groups is 1. The van der Waals surface area contributed by atoms with Crippen molar-refractivity contribution in [2.24, 2.45) is 0 Å². The van der Waals surface area contributed by atoms with Gasteiger partial charge in [0, 0.05) is 5.75 Å². The number of hydrogen-bond donors (Lipinski definition) is 1. The number of rotatable bonds is 3. The zero-order valence-corrected chi connectivity index (χ0v) is 12.9. The Morgan fingerprint density at radius 1 is 1.50 bits per heavy atom. The molecule has 1 aliphatic heterocycles. The summed E-state index contributed by atoms with van der Waals surface area (Å²) in [4.78, 5) is 29.0. The number of nitrogens with zero attached hydrogens (tertiary/aromatic N) is 2. The van der Waals surface area contributed by atoms with Crippen LogP contribution in [0.5, 0.6) is 0 Å². The topological polar surface area (TPSA) is 70.5 Å². The van der Waals surface area contributed by atoms with Gasteiger partial charge in [-0.05, 0) is 18.6 Å². The lowest BCUT2D eigenvalue weighted by Crippen LogP contribution is -2.45. The van der Waals surface area contributed by atoms with E-state index in [-0.39, 0.29) is 21.2 Å². The average molecular weight is 335 g/mol. The van der Waals surface area contributed by atoms with E-state index in [0.29, 0.717) is 12.2 Å². The summed E-state index contributed by atoms with van der Waals surface area (Å²) in [7, 11) is 0. The first kappa shape index (κ1) is 15.4. The van der Waals surface area contributed by atoms with E-state index in [1.54, 1.807) is 0 Å². The van der Waals surface area contributed by atoms with Crippen LogP contribution < -0.4 is 0 Å². The minimum atomic E-state index is -1.01. The molecule has 0 bridgehead atoms. The highest BCUT2D eigenvalue weighted by atomic mass is 35.5. The summed E-state index contributed by atoms with van der Waals surface area (Å²) in [6, 6.07) is 2.08. The Bertz CT molecular complexity index is 556. The van der Waals surface area contributed by atoms with E-state index in [2.05, 4.69) is 4.98 Å². The monoisotopic (exact) mass is 334 g/mol. The largest absolute Gasteiger partial charge is 0.480 e. The van der Waals surface area contributed by atoms with Crippen LogP contribution in [0.2, 0.25) is 10.3 Å². The zero-order valence-electron chi connectivity index (χ0n) is 10.5. The van der Waals surface area contributed by atoms with Crippen molar-refractivity contribution in [3.63, 3.8) is 0 Å². The van der Waals surface area contributed by atoms with Crippen molar-refractivity contribution in [3.8, 4) is 0 Å². The fourth-order valence-electron chi connectivity index (χ4n) is 2.05.